The number of oxime groups is 1. The number of para-hydroxylation sites is 1. The molecule has 1 atom stereocenters. The molecule has 1 aromatic carbocycles. The number of amides is 1. The third kappa shape index (κ3) is 3.71. The van der Waals surface area contributed by atoms with Crippen molar-refractivity contribution in [2.75, 3.05) is 6.54 Å². The zero-order valence-electron chi connectivity index (χ0n) is 11.0. The molecule has 0 unspecified atom stereocenters. The Morgan fingerprint density at radius 1 is 1.45 bits per heavy atom. The number of benzene rings is 1. The molecule has 0 saturated carbocycles. The third-order valence-corrected chi connectivity index (χ3v) is 2.84. The van der Waals surface area contributed by atoms with Gasteiger partial charge in [0.25, 0.3) is 11.6 Å². The molecule has 0 radical (unpaired) electrons. The zero-order chi connectivity index (χ0) is 16.3. The Morgan fingerprint density at radius 2 is 2.14 bits per heavy atom. The molecule has 1 N–H and O–H groups in total. The van der Waals surface area contributed by atoms with Gasteiger partial charge in [-0.1, -0.05) is 17.3 Å². The van der Waals surface area contributed by atoms with Gasteiger partial charge in [0, 0.05) is 12.5 Å². The van der Waals surface area contributed by atoms with E-state index in [-0.39, 0.29) is 23.4 Å². The molecule has 1 amide bonds. The maximum atomic E-state index is 12.0. The third-order valence-electron chi connectivity index (χ3n) is 2.84. The van der Waals surface area contributed by atoms with E-state index in [1.54, 1.807) is 11.4 Å². The Balaban J connectivity index is 2.04. The van der Waals surface area contributed by atoms with Gasteiger partial charge in [-0.3, -0.25) is 14.9 Å². The molecule has 22 heavy (non-hydrogen) atoms. The van der Waals surface area contributed by atoms with Crippen LogP contribution < -0.4 is 5.32 Å². The normalized spacial score (nSPS) is 17.6. The summed E-state index contributed by atoms with van der Waals surface area (Å²) in [5, 5.41) is 16.2. The molecule has 0 aromatic heterocycles. The van der Waals surface area contributed by atoms with E-state index in [1.165, 1.54) is 18.2 Å². The molecule has 0 fully saturated rings. The summed E-state index contributed by atoms with van der Waals surface area (Å²) in [5.74, 6) is -0.977. The average Bonchev–Trinajstić information content (AvgIpc) is 2.93. The minimum atomic E-state index is -4.53. The second kappa shape index (κ2) is 6.00. The van der Waals surface area contributed by atoms with Crippen LogP contribution in [0.1, 0.15) is 12.0 Å². The molecule has 0 bridgehead atoms. The highest BCUT2D eigenvalue weighted by atomic mass is 19.4. The molecule has 0 spiro atoms. The highest BCUT2D eigenvalue weighted by molar-refractivity contribution is 6.06. The minimum absolute atomic E-state index is 0.138. The van der Waals surface area contributed by atoms with Crippen molar-refractivity contribution in [3.8, 4) is 0 Å². The van der Waals surface area contributed by atoms with Crippen LogP contribution in [0.5, 0.6) is 0 Å². The predicted molar refractivity (Wildman–Crippen MR) is 68.2 cm³/mol. The van der Waals surface area contributed by atoms with E-state index in [0.29, 0.717) is 0 Å². The Hall–Kier alpha value is -2.65. The molecule has 1 aromatic rings. The molecule has 118 valence electrons. The van der Waals surface area contributed by atoms with Crippen LogP contribution in [0, 0.1) is 10.1 Å². The van der Waals surface area contributed by atoms with Gasteiger partial charge in [0.1, 0.15) is 6.54 Å². The lowest BCUT2D eigenvalue weighted by atomic mass is 10.0. The maximum absolute atomic E-state index is 12.0. The van der Waals surface area contributed by atoms with Gasteiger partial charge in [-0.25, -0.2) is 0 Å². The molecule has 7 nitrogen and oxygen atoms in total. The summed E-state index contributed by atoms with van der Waals surface area (Å²) in [6, 6.07) is 5.69. The van der Waals surface area contributed by atoms with Gasteiger partial charge < -0.3 is 10.2 Å². The first-order valence-corrected chi connectivity index (χ1v) is 6.09. The predicted octanol–water partition coefficient (Wildman–Crippen LogP) is 1.77. The zero-order valence-corrected chi connectivity index (χ0v) is 11.0. The van der Waals surface area contributed by atoms with Crippen molar-refractivity contribution >= 4 is 17.3 Å². The lowest BCUT2D eigenvalue weighted by molar-refractivity contribution is -0.385. The van der Waals surface area contributed by atoms with Crippen LogP contribution in [0.15, 0.2) is 29.4 Å². The number of hydrogen-bond acceptors (Lipinski definition) is 5. The van der Waals surface area contributed by atoms with Crippen molar-refractivity contribution in [2.24, 2.45) is 5.16 Å². The lowest BCUT2D eigenvalue weighted by Gasteiger charge is -2.11. The fourth-order valence-electron chi connectivity index (χ4n) is 1.86. The van der Waals surface area contributed by atoms with Crippen LogP contribution in [0.25, 0.3) is 0 Å². The fourth-order valence-corrected chi connectivity index (χ4v) is 1.86. The molecule has 1 aliphatic rings. The van der Waals surface area contributed by atoms with Gasteiger partial charge >= 0.3 is 6.18 Å². The Morgan fingerprint density at radius 3 is 2.77 bits per heavy atom. The number of nitro groups is 1. The lowest BCUT2D eigenvalue weighted by Crippen LogP contribution is -2.40. The largest absolute Gasteiger partial charge is 0.405 e. The van der Waals surface area contributed by atoms with E-state index >= 15 is 0 Å². The van der Waals surface area contributed by atoms with Crippen LogP contribution in [-0.2, 0) is 9.63 Å². The van der Waals surface area contributed by atoms with Crippen molar-refractivity contribution in [3.63, 3.8) is 0 Å². The van der Waals surface area contributed by atoms with Gasteiger partial charge in [-0.2, -0.15) is 13.2 Å². The molecule has 2 rings (SSSR count). The smallest absolute Gasteiger partial charge is 0.382 e. The summed E-state index contributed by atoms with van der Waals surface area (Å²) in [6.45, 7) is -1.48. The number of carbonyl (C=O) groups excluding carboxylic acids is 1. The van der Waals surface area contributed by atoms with E-state index in [2.05, 4.69) is 5.16 Å². The Labute approximate surface area is 121 Å². The summed E-state index contributed by atoms with van der Waals surface area (Å²) in [6.07, 6.45) is -5.91. The first-order valence-electron chi connectivity index (χ1n) is 6.09. The van der Waals surface area contributed by atoms with E-state index in [1.807, 2.05) is 0 Å². The molecule has 0 aliphatic carbocycles. The number of hydrogen-bond donors (Lipinski definition) is 1. The number of nitro benzene ring substituents is 1. The second-order valence-electron chi connectivity index (χ2n) is 4.44. The fraction of sp³-hybridized carbons (Fsp3) is 0.333. The van der Waals surface area contributed by atoms with Crippen molar-refractivity contribution < 1.29 is 27.7 Å². The van der Waals surface area contributed by atoms with E-state index in [0.717, 1.165) is 0 Å². The minimum Gasteiger partial charge on any atom is -0.382 e. The van der Waals surface area contributed by atoms with Gasteiger partial charge in [0.15, 0.2) is 0 Å². The average molecular weight is 317 g/mol. The summed E-state index contributed by atoms with van der Waals surface area (Å²) in [4.78, 5) is 26.6. The topological polar surface area (TPSA) is 93.8 Å². The summed E-state index contributed by atoms with van der Waals surface area (Å²) < 4.78 is 36.1. The Kier molecular flexibility index (Phi) is 4.29. The van der Waals surface area contributed by atoms with Crippen molar-refractivity contribution in [3.05, 3.63) is 39.9 Å². The quantitative estimate of drug-likeness (QED) is 0.676. The molecule has 0 saturated heterocycles. The van der Waals surface area contributed by atoms with Crippen LogP contribution in [0.3, 0.4) is 0 Å². The number of alkyl halides is 3. The number of nitrogens with zero attached hydrogens (tertiary/aromatic N) is 2. The van der Waals surface area contributed by atoms with Gasteiger partial charge in [-0.15, -0.1) is 0 Å². The first kappa shape index (κ1) is 15.7. The summed E-state index contributed by atoms with van der Waals surface area (Å²) >= 11 is 0. The van der Waals surface area contributed by atoms with Gasteiger partial charge in [0.2, 0.25) is 6.10 Å². The van der Waals surface area contributed by atoms with E-state index < -0.39 is 29.7 Å². The highest BCUT2D eigenvalue weighted by Crippen LogP contribution is 2.24. The van der Waals surface area contributed by atoms with Crippen LogP contribution in [0.2, 0.25) is 0 Å². The molecule has 1 aliphatic heterocycles. The standard InChI is InChI=1S/C12H10F3N3O4/c13-12(14,15)6-16-11(19)10-5-8(17-22-10)7-3-1-2-4-9(7)18(20)21/h1-4,10H,5-6H2,(H,16,19)/t10-/m1/s1. The number of rotatable bonds is 4. The van der Waals surface area contributed by atoms with Crippen LogP contribution in [-0.4, -0.2) is 35.4 Å². The Bertz CT molecular complexity index is 630. The molecular formula is C12H10F3N3O4. The highest BCUT2D eigenvalue weighted by Gasteiger charge is 2.34. The molecule has 10 heteroatoms. The SMILES string of the molecule is O=C(NCC(F)(F)F)[C@H]1CC(c2ccccc2[N+](=O)[O-])=NO1. The van der Waals surface area contributed by atoms with Crippen molar-refractivity contribution in [1.29, 1.82) is 0 Å². The number of carbonyl (C=O) groups is 1. The first-order chi connectivity index (χ1) is 10.3. The summed E-state index contributed by atoms with van der Waals surface area (Å²) in [5.41, 5.74) is 0.0827. The van der Waals surface area contributed by atoms with Gasteiger partial charge in [-0.05, 0) is 6.07 Å². The molecular weight excluding hydrogens is 307 g/mol. The maximum Gasteiger partial charge on any atom is 0.405 e. The summed E-state index contributed by atoms with van der Waals surface area (Å²) in [7, 11) is 0. The van der Waals surface area contributed by atoms with Gasteiger partial charge in [0.05, 0.1) is 16.2 Å². The van der Waals surface area contributed by atoms with Crippen molar-refractivity contribution in [2.45, 2.75) is 18.7 Å². The molecule has 1 heterocycles. The van der Waals surface area contributed by atoms with Crippen LogP contribution >= 0.6 is 0 Å². The monoisotopic (exact) mass is 317 g/mol. The second-order valence-corrected chi connectivity index (χ2v) is 4.44. The van der Waals surface area contributed by atoms with E-state index in [4.69, 9.17) is 4.84 Å². The number of halogens is 3. The number of nitrogens with one attached hydrogen (secondary N) is 1. The van der Waals surface area contributed by atoms with Crippen molar-refractivity contribution in [1.82, 2.24) is 5.32 Å². The van der Waals surface area contributed by atoms with Crippen LogP contribution in [0.4, 0.5) is 18.9 Å². The van der Waals surface area contributed by atoms with E-state index in [9.17, 15) is 28.1 Å².